The van der Waals surface area contributed by atoms with Crippen molar-refractivity contribution in [1.82, 2.24) is 0 Å². The van der Waals surface area contributed by atoms with Gasteiger partial charge in [0.25, 0.3) is 0 Å². The summed E-state index contributed by atoms with van der Waals surface area (Å²) in [6.07, 6.45) is 2.38. The molecule has 0 heterocycles. The summed E-state index contributed by atoms with van der Waals surface area (Å²) in [5.74, 6) is -0.377. The molecule has 3 heteroatoms. The molecule has 0 N–H and O–H groups in total. The first-order chi connectivity index (χ1) is 6.34. The maximum atomic E-state index is 12.1. The van der Waals surface area contributed by atoms with Gasteiger partial charge in [-0.3, -0.25) is 9.59 Å². The highest BCUT2D eigenvalue weighted by Gasteiger charge is 2.50. The third-order valence-corrected chi connectivity index (χ3v) is 3.23. The van der Waals surface area contributed by atoms with Crippen LogP contribution in [0, 0.1) is 10.8 Å². The molecule has 0 saturated heterocycles. The van der Waals surface area contributed by atoms with Crippen LogP contribution in [-0.4, -0.2) is 18.9 Å². The first-order valence-electron chi connectivity index (χ1n) is 4.98. The van der Waals surface area contributed by atoms with E-state index in [9.17, 15) is 9.59 Å². The number of ketones is 1. The van der Waals surface area contributed by atoms with E-state index in [0.717, 1.165) is 12.8 Å². The second kappa shape index (κ2) is 3.37. The van der Waals surface area contributed by atoms with Gasteiger partial charge in [0, 0.05) is 5.41 Å². The Kier molecular flexibility index (Phi) is 2.70. The van der Waals surface area contributed by atoms with Crippen LogP contribution in [0.3, 0.4) is 0 Å². The molecule has 14 heavy (non-hydrogen) atoms. The lowest BCUT2D eigenvalue weighted by molar-refractivity contribution is -0.163. The zero-order valence-corrected chi connectivity index (χ0v) is 9.35. The largest absolute Gasteiger partial charge is 0.468 e. The Morgan fingerprint density at radius 2 is 1.86 bits per heavy atom. The molecule has 3 nitrogen and oxygen atoms in total. The molecule has 1 atom stereocenters. The normalized spacial score (nSPS) is 31.3. The molecule has 80 valence electrons. The van der Waals surface area contributed by atoms with Crippen LogP contribution in [0.1, 0.15) is 40.0 Å². The average molecular weight is 198 g/mol. The van der Waals surface area contributed by atoms with Crippen molar-refractivity contribution in [3.05, 3.63) is 0 Å². The van der Waals surface area contributed by atoms with Crippen LogP contribution in [0.15, 0.2) is 0 Å². The molecule has 0 aliphatic heterocycles. The van der Waals surface area contributed by atoms with Crippen molar-refractivity contribution < 1.29 is 14.3 Å². The highest BCUT2D eigenvalue weighted by molar-refractivity contribution is 6.06. The van der Waals surface area contributed by atoms with Crippen molar-refractivity contribution in [1.29, 1.82) is 0 Å². The van der Waals surface area contributed by atoms with Crippen LogP contribution < -0.4 is 0 Å². The number of hydrogen-bond donors (Lipinski definition) is 0. The van der Waals surface area contributed by atoms with Crippen molar-refractivity contribution in [3.8, 4) is 0 Å². The molecule has 0 aromatic carbocycles. The zero-order valence-electron chi connectivity index (χ0n) is 9.35. The van der Waals surface area contributed by atoms with Gasteiger partial charge in [-0.1, -0.05) is 20.3 Å². The molecule has 0 amide bonds. The highest BCUT2D eigenvalue weighted by atomic mass is 16.5. The molecule has 1 fully saturated rings. The summed E-state index contributed by atoms with van der Waals surface area (Å²) in [4.78, 5) is 23.6. The Morgan fingerprint density at radius 1 is 1.29 bits per heavy atom. The van der Waals surface area contributed by atoms with E-state index in [2.05, 4.69) is 0 Å². The van der Waals surface area contributed by atoms with Gasteiger partial charge in [-0.05, 0) is 19.8 Å². The van der Waals surface area contributed by atoms with Crippen LogP contribution in [-0.2, 0) is 14.3 Å². The fraction of sp³-hybridized carbons (Fsp3) is 0.818. The number of methoxy groups -OCH3 is 1. The average Bonchev–Trinajstić information content (AvgIpc) is 2.12. The van der Waals surface area contributed by atoms with E-state index in [4.69, 9.17) is 4.74 Å². The minimum Gasteiger partial charge on any atom is -0.468 e. The minimum absolute atomic E-state index is 0.0168. The summed E-state index contributed by atoms with van der Waals surface area (Å²) >= 11 is 0. The summed E-state index contributed by atoms with van der Waals surface area (Å²) < 4.78 is 4.70. The minimum atomic E-state index is -0.920. The highest BCUT2D eigenvalue weighted by Crippen LogP contribution is 2.43. The SMILES string of the molecule is COC(=O)C1(C)CCCC(C)(C)C1=O. The number of ether oxygens (including phenoxy) is 1. The Balaban J connectivity index is 2.99. The quantitative estimate of drug-likeness (QED) is 0.477. The van der Waals surface area contributed by atoms with Gasteiger partial charge in [-0.25, -0.2) is 0 Å². The molecule has 0 radical (unpaired) electrons. The fourth-order valence-corrected chi connectivity index (χ4v) is 2.28. The van der Waals surface area contributed by atoms with Gasteiger partial charge in [0.05, 0.1) is 7.11 Å². The second-order valence-electron chi connectivity index (χ2n) is 4.89. The molecular weight excluding hydrogens is 180 g/mol. The summed E-state index contributed by atoms with van der Waals surface area (Å²) in [6.45, 7) is 5.49. The number of esters is 1. The van der Waals surface area contributed by atoms with Crippen LogP contribution in [0.25, 0.3) is 0 Å². The van der Waals surface area contributed by atoms with Crippen molar-refractivity contribution in [2.45, 2.75) is 40.0 Å². The van der Waals surface area contributed by atoms with E-state index in [0.29, 0.717) is 6.42 Å². The molecule has 0 aromatic rings. The Hall–Kier alpha value is -0.860. The monoisotopic (exact) mass is 198 g/mol. The van der Waals surface area contributed by atoms with E-state index in [1.165, 1.54) is 7.11 Å². The lowest BCUT2D eigenvalue weighted by Crippen LogP contribution is -2.48. The lowest BCUT2D eigenvalue weighted by Gasteiger charge is -2.38. The Bertz CT molecular complexity index is 268. The summed E-state index contributed by atoms with van der Waals surface area (Å²) in [5, 5.41) is 0. The lowest BCUT2D eigenvalue weighted by atomic mass is 9.63. The van der Waals surface area contributed by atoms with E-state index >= 15 is 0 Å². The predicted molar refractivity (Wildman–Crippen MR) is 52.8 cm³/mol. The molecule has 0 aromatic heterocycles. The van der Waals surface area contributed by atoms with Crippen molar-refractivity contribution in [3.63, 3.8) is 0 Å². The van der Waals surface area contributed by atoms with E-state index in [-0.39, 0.29) is 11.2 Å². The van der Waals surface area contributed by atoms with Crippen LogP contribution in [0.5, 0.6) is 0 Å². The molecule has 1 aliphatic carbocycles. The van der Waals surface area contributed by atoms with Gasteiger partial charge < -0.3 is 4.74 Å². The fourth-order valence-electron chi connectivity index (χ4n) is 2.28. The summed E-state index contributed by atoms with van der Waals surface area (Å²) in [5.41, 5.74) is -1.31. The number of carbonyl (C=O) groups is 2. The third kappa shape index (κ3) is 1.56. The van der Waals surface area contributed by atoms with Gasteiger partial charge in [-0.15, -0.1) is 0 Å². The summed E-state index contributed by atoms with van der Waals surface area (Å²) in [7, 11) is 1.34. The Labute approximate surface area is 84.8 Å². The van der Waals surface area contributed by atoms with E-state index in [1.54, 1.807) is 6.92 Å². The maximum Gasteiger partial charge on any atom is 0.319 e. The topological polar surface area (TPSA) is 43.4 Å². The van der Waals surface area contributed by atoms with Crippen LogP contribution in [0.2, 0.25) is 0 Å². The first kappa shape index (κ1) is 11.2. The van der Waals surface area contributed by atoms with Crippen LogP contribution >= 0.6 is 0 Å². The summed E-state index contributed by atoms with van der Waals surface area (Å²) in [6, 6.07) is 0. The molecule has 1 aliphatic rings. The number of rotatable bonds is 1. The van der Waals surface area contributed by atoms with Gasteiger partial charge in [-0.2, -0.15) is 0 Å². The standard InChI is InChI=1S/C11H18O3/c1-10(2)6-5-7-11(3,8(10)12)9(13)14-4/h5-7H2,1-4H3. The van der Waals surface area contributed by atoms with Crippen LogP contribution in [0.4, 0.5) is 0 Å². The molecule has 1 saturated carbocycles. The van der Waals surface area contributed by atoms with Gasteiger partial charge in [0.2, 0.25) is 0 Å². The van der Waals surface area contributed by atoms with Crippen molar-refractivity contribution in [2.24, 2.45) is 10.8 Å². The number of carbonyl (C=O) groups excluding carboxylic acids is 2. The van der Waals surface area contributed by atoms with Crippen molar-refractivity contribution >= 4 is 11.8 Å². The molecule has 1 unspecified atom stereocenters. The molecule has 1 rings (SSSR count). The number of Topliss-reactive ketones (excluding diaryl/α,β-unsaturated/α-hetero) is 1. The van der Waals surface area contributed by atoms with Gasteiger partial charge in [0.15, 0.2) is 5.78 Å². The van der Waals surface area contributed by atoms with Crippen molar-refractivity contribution in [2.75, 3.05) is 7.11 Å². The predicted octanol–water partition coefficient (Wildman–Crippen LogP) is 1.94. The zero-order chi connectivity index (χ0) is 11.0. The van der Waals surface area contributed by atoms with Gasteiger partial charge >= 0.3 is 5.97 Å². The first-order valence-corrected chi connectivity index (χ1v) is 4.98. The second-order valence-corrected chi connectivity index (χ2v) is 4.89. The van der Waals surface area contributed by atoms with E-state index in [1.807, 2.05) is 13.8 Å². The van der Waals surface area contributed by atoms with Gasteiger partial charge in [0.1, 0.15) is 5.41 Å². The molecule has 0 bridgehead atoms. The number of hydrogen-bond acceptors (Lipinski definition) is 3. The molecular formula is C11H18O3. The smallest absolute Gasteiger partial charge is 0.319 e. The third-order valence-electron chi connectivity index (χ3n) is 3.23. The maximum absolute atomic E-state index is 12.1. The molecule has 0 spiro atoms. The van der Waals surface area contributed by atoms with E-state index < -0.39 is 11.4 Å². The Morgan fingerprint density at radius 3 is 2.36 bits per heavy atom.